The van der Waals surface area contributed by atoms with Crippen LogP contribution in [0.4, 0.5) is 11.4 Å². The molecule has 12 heteroatoms. The Morgan fingerprint density at radius 2 is 0.909 bits per heavy atom. The molecule has 4 aliphatic heterocycles. The van der Waals surface area contributed by atoms with Gasteiger partial charge in [-0.05, 0) is 71.4 Å². The molecule has 2 aromatic heterocycles. The first-order valence-electron chi connectivity index (χ1n) is 14.1. The van der Waals surface area contributed by atoms with Gasteiger partial charge in [0, 0.05) is 9.75 Å². The fourth-order valence-corrected chi connectivity index (χ4v) is 9.01. The molecule has 0 radical (unpaired) electrons. The molecule has 4 fully saturated rings. The predicted molar refractivity (Wildman–Crippen MR) is 163 cm³/mol. The molecular weight excluding hydrogens is 601 g/mol. The van der Waals surface area contributed by atoms with Crippen molar-refractivity contribution in [1.82, 2.24) is 10.0 Å². The molecule has 0 aliphatic carbocycles. The quantitative estimate of drug-likeness (QED) is 0.293. The summed E-state index contributed by atoms with van der Waals surface area (Å²) in [4.78, 5) is 61.6. The predicted octanol–water partition coefficient (Wildman–Crippen LogP) is 4.27. The van der Waals surface area contributed by atoms with E-state index in [2.05, 4.69) is 0 Å². The number of hydrogen-bond acceptors (Lipinski definition) is 10. The highest BCUT2D eigenvalue weighted by Gasteiger charge is 2.74. The van der Waals surface area contributed by atoms with Crippen molar-refractivity contribution in [2.45, 2.75) is 24.2 Å². The van der Waals surface area contributed by atoms with E-state index in [9.17, 15) is 19.2 Å². The number of carbonyl (C=O) groups is 4. The Morgan fingerprint density at radius 3 is 1.23 bits per heavy atom. The molecule has 0 unspecified atom stereocenters. The first-order chi connectivity index (χ1) is 21.4. The summed E-state index contributed by atoms with van der Waals surface area (Å²) in [6.45, 7) is 0. The number of carbonyl (C=O) groups excluding carboxylic acids is 4. The lowest BCUT2D eigenvalue weighted by Gasteiger charge is -2.35. The van der Waals surface area contributed by atoms with E-state index in [0.29, 0.717) is 22.9 Å². The Bertz CT molecular complexity index is 1640. The Kier molecular flexibility index (Phi) is 6.24. The molecule has 222 valence electrons. The van der Waals surface area contributed by atoms with Gasteiger partial charge >= 0.3 is 0 Å². The summed E-state index contributed by atoms with van der Waals surface area (Å²) in [6.07, 6.45) is 0. The van der Waals surface area contributed by atoms with Gasteiger partial charge < -0.3 is 9.47 Å². The van der Waals surface area contributed by atoms with E-state index >= 15 is 0 Å². The number of hydrazine groups is 1. The summed E-state index contributed by atoms with van der Waals surface area (Å²) in [5.41, 5.74) is 0.910. The third-order valence-electron chi connectivity index (χ3n) is 9.06. The Labute approximate surface area is 260 Å². The zero-order valence-electron chi connectivity index (χ0n) is 23.6. The third kappa shape index (κ3) is 3.65. The molecule has 0 N–H and O–H groups in total. The van der Waals surface area contributed by atoms with Crippen LogP contribution >= 0.6 is 22.7 Å². The SMILES string of the molecule is COc1ccc(N2C(=O)[C@@H]3[C@@H](C2=O)N2[C@@H](c4cccs4)[C@H]4C(=O)N(c5ccc(OC)cc5)C(=O)[C@@H]4N2[C@H]3c2cccs2)cc1. The Balaban J connectivity index is 1.27. The highest BCUT2D eigenvalue weighted by Crippen LogP contribution is 2.60. The monoisotopic (exact) mass is 626 g/mol. The summed E-state index contributed by atoms with van der Waals surface area (Å²) < 4.78 is 10.6. The largest absolute Gasteiger partial charge is 0.497 e. The van der Waals surface area contributed by atoms with Crippen LogP contribution in [0, 0.1) is 11.8 Å². The van der Waals surface area contributed by atoms with E-state index in [1.807, 2.05) is 45.0 Å². The molecule has 2 aromatic carbocycles. The number of benzene rings is 2. The van der Waals surface area contributed by atoms with Crippen molar-refractivity contribution in [1.29, 1.82) is 0 Å². The fourth-order valence-electron chi connectivity index (χ4n) is 7.28. The van der Waals surface area contributed by atoms with Crippen molar-refractivity contribution in [3.05, 3.63) is 93.3 Å². The minimum atomic E-state index is -0.885. The molecule has 6 heterocycles. The van der Waals surface area contributed by atoms with Gasteiger partial charge in [-0.3, -0.25) is 19.2 Å². The molecule has 8 rings (SSSR count). The maximum Gasteiger partial charge on any atom is 0.253 e. The van der Waals surface area contributed by atoms with Gasteiger partial charge in [0.15, 0.2) is 0 Å². The average Bonchev–Trinajstić information content (AvgIpc) is 3.88. The second kappa shape index (κ2) is 10.1. The van der Waals surface area contributed by atoms with Crippen molar-refractivity contribution in [3.63, 3.8) is 0 Å². The number of rotatable bonds is 6. The molecule has 4 aliphatic rings. The molecule has 4 aromatic rings. The van der Waals surface area contributed by atoms with Crippen LogP contribution in [0.1, 0.15) is 21.8 Å². The molecule has 6 atom stereocenters. The molecule has 44 heavy (non-hydrogen) atoms. The number of nitrogens with zero attached hydrogens (tertiary/aromatic N) is 4. The van der Waals surface area contributed by atoms with Gasteiger partial charge in [0.2, 0.25) is 11.8 Å². The minimum Gasteiger partial charge on any atom is -0.497 e. The third-order valence-corrected chi connectivity index (χ3v) is 10.9. The van der Waals surface area contributed by atoms with E-state index in [4.69, 9.17) is 9.47 Å². The number of thiophene rings is 2. The summed E-state index contributed by atoms with van der Waals surface area (Å²) in [5.74, 6) is -1.73. The topological polar surface area (TPSA) is 99.7 Å². The lowest BCUT2D eigenvalue weighted by molar-refractivity contribution is -0.135. The van der Waals surface area contributed by atoms with Gasteiger partial charge in [0.25, 0.3) is 11.8 Å². The van der Waals surface area contributed by atoms with Crippen LogP contribution in [-0.4, -0.2) is 59.9 Å². The number of imide groups is 2. The van der Waals surface area contributed by atoms with Gasteiger partial charge in [-0.1, -0.05) is 12.1 Å². The highest BCUT2D eigenvalue weighted by molar-refractivity contribution is 7.10. The summed E-state index contributed by atoms with van der Waals surface area (Å²) in [6, 6.07) is 18.3. The number of anilines is 2. The van der Waals surface area contributed by atoms with Crippen LogP contribution in [0.15, 0.2) is 83.6 Å². The zero-order chi connectivity index (χ0) is 30.3. The lowest BCUT2D eigenvalue weighted by Crippen LogP contribution is -2.50. The number of ether oxygens (including phenoxy) is 2. The molecule has 4 saturated heterocycles. The normalized spacial score (nSPS) is 28.1. The van der Waals surface area contributed by atoms with Crippen molar-refractivity contribution in [2.75, 3.05) is 24.0 Å². The Hall–Kier alpha value is -4.36. The van der Waals surface area contributed by atoms with Gasteiger partial charge in [-0.15, -0.1) is 22.7 Å². The molecule has 0 bridgehead atoms. The fraction of sp³-hybridized carbons (Fsp3) is 0.250. The van der Waals surface area contributed by atoms with Crippen molar-refractivity contribution in [3.8, 4) is 11.5 Å². The van der Waals surface area contributed by atoms with Crippen molar-refractivity contribution >= 4 is 57.7 Å². The maximum absolute atomic E-state index is 14.4. The van der Waals surface area contributed by atoms with Crippen LogP contribution in [-0.2, 0) is 19.2 Å². The van der Waals surface area contributed by atoms with E-state index in [1.54, 1.807) is 62.8 Å². The standard InChI is InChI=1S/C32H26N4O6S2/c1-41-19-11-7-17(8-12-19)33-29(37)23-25(21-5-3-15-43-21)36-28-24(26(22-6-4-16-44-22)35(36)27(23)31(33)39)30(38)34(32(28)40)18-9-13-20(42-2)14-10-18/h3-16,23-28H,1-2H3/t23-,24+,25-,26-,27-,28+/m0/s1. The summed E-state index contributed by atoms with van der Waals surface area (Å²) in [7, 11) is 3.11. The van der Waals surface area contributed by atoms with E-state index in [0.717, 1.165) is 9.75 Å². The van der Waals surface area contributed by atoms with Crippen molar-refractivity contribution < 1.29 is 28.7 Å². The van der Waals surface area contributed by atoms with E-state index in [-0.39, 0.29) is 23.6 Å². The number of fused-ring (bicyclic) bond motifs is 5. The maximum atomic E-state index is 14.4. The molecule has 0 saturated carbocycles. The number of amides is 4. The van der Waals surface area contributed by atoms with E-state index in [1.165, 1.54) is 32.5 Å². The van der Waals surface area contributed by atoms with Crippen LogP contribution < -0.4 is 19.3 Å². The minimum absolute atomic E-state index is 0.330. The second-order valence-electron chi connectivity index (χ2n) is 11.0. The van der Waals surface area contributed by atoms with Crippen molar-refractivity contribution in [2.24, 2.45) is 11.8 Å². The molecule has 4 amide bonds. The first kappa shape index (κ1) is 27.2. The zero-order valence-corrected chi connectivity index (χ0v) is 25.2. The number of hydrogen-bond donors (Lipinski definition) is 0. The highest BCUT2D eigenvalue weighted by atomic mass is 32.1. The Morgan fingerprint density at radius 1 is 0.523 bits per heavy atom. The molecule has 0 spiro atoms. The van der Waals surface area contributed by atoms with Crippen LogP contribution in [0.3, 0.4) is 0 Å². The van der Waals surface area contributed by atoms with Gasteiger partial charge in [0.05, 0.1) is 49.5 Å². The van der Waals surface area contributed by atoms with E-state index < -0.39 is 36.0 Å². The summed E-state index contributed by atoms with van der Waals surface area (Å²) in [5, 5.41) is 7.62. The second-order valence-corrected chi connectivity index (χ2v) is 13.0. The smallest absolute Gasteiger partial charge is 0.253 e. The van der Waals surface area contributed by atoms with Gasteiger partial charge in [0.1, 0.15) is 23.6 Å². The molecular formula is C32H26N4O6S2. The van der Waals surface area contributed by atoms with Crippen LogP contribution in [0.5, 0.6) is 11.5 Å². The lowest BCUT2D eigenvalue weighted by atomic mass is 9.88. The molecule has 10 nitrogen and oxygen atoms in total. The van der Waals surface area contributed by atoms with Crippen LogP contribution in [0.25, 0.3) is 0 Å². The average molecular weight is 627 g/mol. The number of methoxy groups -OCH3 is 2. The van der Waals surface area contributed by atoms with Crippen LogP contribution in [0.2, 0.25) is 0 Å². The van der Waals surface area contributed by atoms with Gasteiger partial charge in [-0.2, -0.15) is 0 Å². The first-order valence-corrected chi connectivity index (χ1v) is 15.9. The summed E-state index contributed by atoms with van der Waals surface area (Å²) >= 11 is 2.94. The van der Waals surface area contributed by atoms with Gasteiger partial charge in [-0.25, -0.2) is 19.8 Å².